The molecule has 15 heavy (non-hydrogen) atoms. The summed E-state index contributed by atoms with van der Waals surface area (Å²) in [6, 6.07) is 5.96. The van der Waals surface area contributed by atoms with Crippen LogP contribution in [0.15, 0.2) is 18.2 Å². The summed E-state index contributed by atoms with van der Waals surface area (Å²) in [5.74, 6) is 0. The van der Waals surface area contributed by atoms with E-state index in [1.54, 1.807) is 0 Å². The Morgan fingerprint density at radius 3 is 2.87 bits per heavy atom. The molecule has 0 aromatic heterocycles. The fraction of sp³-hybridized carbons (Fsp3) is 0.500. The van der Waals surface area contributed by atoms with E-state index in [0.717, 1.165) is 18.0 Å². The van der Waals surface area contributed by atoms with Crippen LogP contribution in [0.5, 0.6) is 0 Å². The molecule has 0 amide bonds. The van der Waals surface area contributed by atoms with E-state index in [9.17, 15) is 5.11 Å². The largest absolute Gasteiger partial charge is 0.389 e. The molecule has 1 aliphatic rings. The molecular weight excluding hydrogens is 210 g/mol. The van der Waals surface area contributed by atoms with Crippen LogP contribution in [0.4, 0.5) is 5.69 Å². The monoisotopic (exact) mass is 225 g/mol. The summed E-state index contributed by atoms with van der Waals surface area (Å²) in [5, 5.41) is 10.6. The van der Waals surface area contributed by atoms with Crippen LogP contribution in [-0.2, 0) is 6.42 Å². The minimum absolute atomic E-state index is 0.653. The molecule has 2 rings (SSSR count). The number of rotatable bonds is 2. The zero-order valence-electron chi connectivity index (χ0n) is 9.13. The third-order valence-electron chi connectivity index (χ3n) is 2.64. The molecule has 0 spiro atoms. The Hall–Kier alpha value is -0.730. The number of benzene rings is 1. The standard InChI is InChI=1S/C12H16ClNO/c1-12(2,15)8-14-7-6-9-10(13)4-3-5-11(9)14/h3-5,15H,6-8H2,1-2H3. The van der Waals surface area contributed by atoms with Crippen molar-refractivity contribution in [2.24, 2.45) is 0 Å². The van der Waals surface area contributed by atoms with Crippen LogP contribution < -0.4 is 4.90 Å². The highest BCUT2D eigenvalue weighted by molar-refractivity contribution is 6.31. The van der Waals surface area contributed by atoms with Gasteiger partial charge in [-0.2, -0.15) is 0 Å². The van der Waals surface area contributed by atoms with E-state index in [0.29, 0.717) is 6.54 Å². The van der Waals surface area contributed by atoms with Crippen LogP contribution in [0.1, 0.15) is 19.4 Å². The summed E-state index contributed by atoms with van der Waals surface area (Å²) in [6.45, 7) is 5.26. The number of hydrogen-bond acceptors (Lipinski definition) is 2. The van der Waals surface area contributed by atoms with Crippen molar-refractivity contribution in [3.05, 3.63) is 28.8 Å². The highest BCUT2D eigenvalue weighted by Gasteiger charge is 2.25. The molecule has 0 aliphatic carbocycles. The third-order valence-corrected chi connectivity index (χ3v) is 3.00. The second kappa shape index (κ2) is 3.69. The third kappa shape index (κ3) is 2.27. The second-order valence-electron chi connectivity index (χ2n) is 4.72. The molecule has 1 aliphatic heterocycles. The first-order chi connectivity index (χ1) is 6.97. The van der Waals surface area contributed by atoms with Crippen molar-refractivity contribution in [2.75, 3.05) is 18.0 Å². The Kier molecular flexibility index (Phi) is 2.65. The van der Waals surface area contributed by atoms with Gasteiger partial charge in [0.1, 0.15) is 0 Å². The molecule has 0 fully saturated rings. The molecule has 2 nitrogen and oxygen atoms in total. The van der Waals surface area contributed by atoms with E-state index in [-0.39, 0.29) is 0 Å². The van der Waals surface area contributed by atoms with E-state index in [4.69, 9.17) is 11.6 Å². The van der Waals surface area contributed by atoms with Gasteiger partial charge in [-0.15, -0.1) is 0 Å². The summed E-state index contributed by atoms with van der Waals surface area (Å²) in [7, 11) is 0. The lowest BCUT2D eigenvalue weighted by molar-refractivity contribution is 0.0878. The van der Waals surface area contributed by atoms with E-state index in [2.05, 4.69) is 11.0 Å². The molecule has 1 N–H and O–H groups in total. The van der Waals surface area contributed by atoms with Crippen molar-refractivity contribution in [2.45, 2.75) is 25.9 Å². The molecule has 0 saturated heterocycles. The number of hydrogen-bond donors (Lipinski definition) is 1. The molecule has 0 atom stereocenters. The lowest BCUT2D eigenvalue weighted by Crippen LogP contribution is -2.37. The molecule has 0 saturated carbocycles. The number of anilines is 1. The Balaban J connectivity index is 2.26. The normalized spacial score (nSPS) is 15.6. The van der Waals surface area contributed by atoms with Gasteiger partial charge in [-0.05, 0) is 38.0 Å². The zero-order valence-corrected chi connectivity index (χ0v) is 9.88. The molecule has 1 aromatic carbocycles. The van der Waals surface area contributed by atoms with E-state index >= 15 is 0 Å². The fourth-order valence-corrected chi connectivity index (χ4v) is 2.35. The summed E-state index contributed by atoms with van der Waals surface area (Å²) in [4.78, 5) is 2.20. The maximum atomic E-state index is 9.80. The Morgan fingerprint density at radius 2 is 2.20 bits per heavy atom. The first-order valence-electron chi connectivity index (χ1n) is 5.22. The van der Waals surface area contributed by atoms with Gasteiger partial charge in [0, 0.05) is 23.8 Å². The summed E-state index contributed by atoms with van der Waals surface area (Å²) in [6.07, 6.45) is 0.977. The van der Waals surface area contributed by atoms with Gasteiger partial charge in [-0.25, -0.2) is 0 Å². The Bertz CT molecular complexity index is 370. The van der Waals surface area contributed by atoms with Gasteiger partial charge < -0.3 is 10.0 Å². The van der Waals surface area contributed by atoms with Gasteiger partial charge >= 0.3 is 0 Å². The quantitative estimate of drug-likeness (QED) is 0.836. The molecule has 0 bridgehead atoms. The van der Waals surface area contributed by atoms with Crippen LogP contribution >= 0.6 is 11.6 Å². The number of nitrogens with zero attached hydrogens (tertiary/aromatic N) is 1. The zero-order chi connectivity index (χ0) is 11.1. The molecule has 3 heteroatoms. The first-order valence-corrected chi connectivity index (χ1v) is 5.60. The molecule has 1 aromatic rings. The summed E-state index contributed by atoms with van der Waals surface area (Å²) >= 11 is 6.12. The van der Waals surface area contributed by atoms with Gasteiger partial charge in [0.25, 0.3) is 0 Å². The van der Waals surface area contributed by atoms with Crippen LogP contribution in [0.2, 0.25) is 5.02 Å². The van der Waals surface area contributed by atoms with Crippen molar-refractivity contribution in [3.8, 4) is 0 Å². The molecular formula is C12H16ClNO. The number of fused-ring (bicyclic) bond motifs is 1. The minimum atomic E-state index is -0.663. The highest BCUT2D eigenvalue weighted by atomic mass is 35.5. The van der Waals surface area contributed by atoms with Gasteiger partial charge in [0.05, 0.1) is 5.60 Å². The predicted molar refractivity (Wildman–Crippen MR) is 63.7 cm³/mol. The van der Waals surface area contributed by atoms with Crippen LogP contribution in [0.3, 0.4) is 0 Å². The Labute approximate surface area is 95.5 Å². The van der Waals surface area contributed by atoms with Gasteiger partial charge in [-0.3, -0.25) is 0 Å². The highest BCUT2D eigenvalue weighted by Crippen LogP contribution is 2.33. The number of β-amino-alcohol motifs (C(OH)–C–C–N with tert-alkyl or cyclic N) is 1. The van der Waals surface area contributed by atoms with E-state index in [1.165, 1.54) is 11.3 Å². The fourth-order valence-electron chi connectivity index (χ4n) is 2.09. The van der Waals surface area contributed by atoms with Crippen LogP contribution in [-0.4, -0.2) is 23.8 Å². The lowest BCUT2D eigenvalue weighted by Gasteiger charge is -2.27. The lowest BCUT2D eigenvalue weighted by atomic mass is 10.1. The van der Waals surface area contributed by atoms with Gasteiger partial charge in [0.15, 0.2) is 0 Å². The van der Waals surface area contributed by atoms with Gasteiger partial charge in [0.2, 0.25) is 0 Å². The maximum absolute atomic E-state index is 9.80. The number of aliphatic hydroxyl groups is 1. The van der Waals surface area contributed by atoms with Crippen molar-refractivity contribution in [3.63, 3.8) is 0 Å². The van der Waals surface area contributed by atoms with Gasteiger partial charge in [-0.1, -0.05) is 17.7 Å². The van der Waals surface area contributed by atoms with Crippen molar-refractivity contribution in [1.82, 2.24) is 0 Å². The second-order valence-corrected chi connectivity index (χ2v) is 5.13. The summed E-state index contributed by atoms with van der Waals surface area (Å²) in [5.41, 5.74) is 1.72. The van der Waals surface area contributed by atoms with E-state index in [1.807, 2.05) is 26.0 Å². The molecule has 82 valence electrons. The maximum Gasteiger partial charge on any atom is 0.0765 e. The minimum Gasteiger partial charge on any atom is -0.389 e. The molecule has 1 heterocycles. The van der Waals surface area contributed by atoms with Crippen LogP contribution in [0.25, 0.3) is 0 Å². The average molecular weight is 226 g/mol. The predicted octanol–water partition coefficient (Wildman–Crippen LogP) is 2.47. The number of halogens is 1. The smallest absolute Gasteiger partial charge is 0.0765 e. The average Bonchev–Trinajstić information content (AvgIpc) is 2.48. The molecule has 0 radical (unpaired) electrons. The van der Waals surface area contributed by atoms with Crippen LogP contribution in [0, 0.1) is 0 Å². The van der Waals surface area contributed by atoms with E-state index < -0.39 is 5.60 Å². The topological polar surface area (TPSA) is 23.5 Å². The Morgan fingerprint density at radius 1 is 1.47 bits per heavy atom. The first kappa shape index (κ1) is 10.8. The molecule has 0 unspecified atom stereocenters. The van der Waals surface area contributed by atoms with Crippen molar-refractivity contribution in [1.29, 1.82) is 0 Å². The van der Waals surface area contributed by atoms with Crippen molar-refractivity contribution < 1.29 is 5.11 Å². The summed E-state index contributed by atoms with van der Waals surface area (Å²) < 4.78 is 0. The van der Waals surface area contributed by atoms with Crippen molar-refractivity contribution >= 4 is 17.3 Å². The SMILES string of the molecule is CC(C)(O)CN1CCc2c(Cl)cccc21.